The van der Waals surface area contributed by atoms with Crippen LogP contribution in [-0.2, 0) is 6.42 Å². The summed E-state index contributed by atoms with van der Waals surface area (Å²) >= 11 is 1.33. The first-order valence-electron chi connectivity index (χ1n) is 8.33. The summed E-state index contributed by atoms with van der Waals surface area (Å²) in [5.74, 6) is 0.0853. The van der Waals surface area contributed by atoms with Crippen LogP contribution >= 0.6 is 11.3 Å². The number of halogens is 1. The molecule has 0 atom stereocenters. The van der Waals surface area contributed by atoms with Crippen molar-refractivity contribution in [3.63, 3.8) is 0 Å². The second-order valence-electron chi connectivity index (χ2n) is 6.01. The molecule has 0 radical (unpaired) electrons. The molecule has 0 fully saturated rings. The van der Waals surface area contributed by atoms with Crippen LogP contribution in [0, 0.1) is 5.82 Å². The van der Waals surface area contributed by atoms with E-state index in [9.17, 15) is 14.0 Å². The van der Waals surface area contributed by atoms with Crippen LogP contribution in [0.5, 0.6) is 0 Å². The Hall–Kier alpha value is -2.86. The number of hydrogen-bond acceptors (Lipinski definition) is 4. The number of fused-ring (bicyclic) bond motifs is 2. The fraction of sp³-hybridized carbons (Fsp3) is 0.150. The highest BCUT2D eigenvalue weighted by Crippen LogP contribution is 2.23. The zero-order chi connectivity index (χ0) is 18.3. The smallest absolute Gasteiger partial charge is 0.270 e. The zero-order valence-corrected chi connectivity index (χ0v) is 14.8. The molecule has 0 aliphatic heterocycles. The van der Waals surface area contributed by atoms with Crippen LogP contribution in [0.2, 0.25) is 0 Å². The van der Waals surface area contributed by atoms with E-state index < -0.39 is 11.4 Å². The van der Waals surface area contributed by atoms with Gasteiger partial charge in [-0.1, -0.05) is 25.1 Å². The molecule has 2 aromatic heterocycles. The molecule has 0 aliphatic carbocycles. The molecule has 130 valence electrons. The lowest BCUT2D eigenvalue weighted by molar-refractivity contribution is 0.625. The van der Waals surface area contributed by atoms with Crippen LogP contribution in [-0.4, -0.2) is 9.55 Å². The first kappa shape index (κ1) is 16.6. The second kappa shape index (κ2) is 6.46. The highest BCUT2D eigenvalue weighted by Gasteiger charge is 2.17. The molecule has 4 rings (SSSR count). The van der Waals surface area contributed by atoms with Gasteiger partial charge in [0.2, 0.25) is 5.43 Å². The fourth-order valence-electron chi connectivity index (χ4n) is 3.07. The van der Waals surface area contributed by atoms with Crippen molar-refractivity contribution < 1.29 is 4.39 Å². The number of nitrogens with zero attached hydrogens (tertiary/aromatic N) is 2. The van der Waals surface area contributed by atoms with Gasteiger partial charge < -0.3 is 0 Å². The molecule has 4 nitrogen and oxygen atoms in total. The predicted octanol–water partition coefficient (Wildman–Crippen LogP) is 4.05. The number of rotatable bonds is 3. The molecule has 6 heteroatoms. The summed E-state index contributed by atoms with van der Waals surface area (Å²) in [6.45, 7) is 1.98. The van der Waals surface area contributed by atoms with Gasteiger partial charge in [0.05, 0.1) is 5.69 Å². The molecule has 0 unspecified atom stereocenters. The Labute approximate surface area is 152 Å². The molecule has 2 heterocycles. The molecule has 2 aromatic carbocycles. The van der Waals surface area contributed by atoms with Crippen molar-refractivity contribution in [3.8, 4) is 5.69 Å². The van der Waals surface area contributed by atoms with Gasteiger partial charge in [-0.05, 0) is 36.8 Å². The summed E-state index contributed by atoms with van der Waals surface area (Å²) in [6.07, 6.45) is 1.32. The Bertz CT molecular complexity index is 1260. The van der Waals surface area contributed by atoms with Crippen molar-refractivity contribution in [2.75, 3.05) is 0 Å². The van der Waals surface area contributed by atoms with Gasteiger partial charge in [0, 0.05) is 16.5 Å². The third-order valence-corrected chi connectivity index (χ3v) is 5.29. The molecule has 26 heavy (non-hydrogen) atoms. The van der Waals surface area contributed by atoms with Gasteiger partial charge in [-0.15, -0.1) is 11.3 Å². The number of benzene rings is 2. The van der Waals surface area contributed by atoms with Gasteiger partial charge in [0.1, 0.15) is 21.9 Å². The van der Waals surface area contributed by atoms with Crippen molar-refractivity contribution in [3.05, 3.63) is 80.7 Å². The standard InChI is InChI=1S/C20H15FN2O2S/c1-2-6-16-22-19-17(18(24)14-9-3-4-10-15(14)26-19)20(25)23(16)13-8-5-7-12(21)11-13/h3-5,7-11H,2,6H2,1H3. The average molecular weight is 366 g/mol. The first-order valence-corrected chi connectivity index (χ1v) is 9.15. The molecule has 0 spiro atoms. The van der Waals surface area contributed by atoms with Gasteiger partial charge in [-0.25, -0.2) is 9.37 Å². The zero-order valence-electron chi connectivity index (χ0n) is 14.0. The minimum Gasteiger partial charge on any atom is -0.288 e. The fourth-order valence-corrected chi connectivity index (χ4v) is 4.13. The van der Waals surface area contributed by atoms with Crippen molar-refractivity contribution in [2.24, 2.45) is 0 Å². The Morgan fingerprint density at radius 3 is 2.69 bits per heavy atom. The maximum atomic E-state index is 13.7. The van der Waals surface area contributed by atoms with Crippen LogP contribution in [0.15, 0.2) is 58.1 Å². The van der Waals surface area contributed by atoms with E-state index in [0.717, 1.165) is 11.1 Å². The lowest BCUT2D eigenvalue weighted by atomic mass is 10.2. The van der Waals surface area contributed by atoms with Crippen LogP contribution in [0.25, 0.3) is 26.0 Å². The van der Waals surface area contributed by atoms with E-state index in [0.29, 0.717) is 28.1 Å². The third kappa shape index (κ3) is 2.63. The van der Waals surface area contributed by atoms with Gasteiger partial charge in [0.25, 0.3) is 5.56 Å². The maximum Gasteiger partial charge on any atom is 0.270 e. The Balaban J connectivity index is 2.17. The lowest BCUT2D eigenvalue weighted by Crippen LogP contribution is -2.27. The van der Waals surface area contributed by atoms with E-state index in [4.69, 9.17) is 0 Å². The van der Waals surface area contributed by atoms with Crippen LogP contribution in [0.1, 0.15) is 19.2 Å². The van der Waals surface area contributed by atoms with Crippen molar-refractivity contribution >= 4 is 31.6 Å². The average Bonchev–Trinajstić information content (AvgIpc) is 2.62. The second-order valence-corrected chi connectivity index (χ2v) is 7.04. The molecule has 4 aromatic rings. The van der Waals surface area contributed by atoms with Crippen molar-refractivity contribution in [1.29, 1.82) is 0 Å². The Kier molecular flexibility index (Phi) is 4.12. The summed E-state index contributed by atoms with van der Waals surface area (Å²) < 4.78 is 15.9. The van der Waals surface area contributed by atoms with E-state index in [1.54, 1.807) is 18.2 Å². The van der Waals surface area contributed by atoms with Crippen LogP contribution in [0.3, 0.4) is 0 Å². The van der Waals surface area contributed by atoms with Crippen LogP contribution in [0.4, 0.5) is 4.39 Å². The van der Waals surface area contributed by atoms with Gasteiger partial charge in [-0.2, -0.15) is 0 Å². The first-order chi connectivity index (χ1) is 12.6. The maximum absolute atomic E-state index is 13.7. The summed E-state index contributed by atoms with van der Waals surface area (Å²) in [7, 11) is 0. The third-order valence-electron chi connectivity index (χ3n) is 4.22. The molecule has 0 N–H and O–H groups in total. The van der Waals surface area contributed by atoms with Crippen molar-refractivity contribution in [2.45, 2.75) is 19.8 Å². The van der Waals surface area contributed by atoms with E-state index in [-0.39, 0.29) is 10.8 Å². The van der Waals surface area contributed by atoms with E-state index in [2.05, 4.69) is 4.98 Å². The number of aryl methyl sites for hydroxylation is 1. The summed E-state index contributed by atoms with van der Waals surface area (Å²) in [5.41, 5.74) is -0.401. The number of hydrogen-bond donors (Lipinski definition) is 0. The largest absolute Gasteiger partial charge is 0.288 e. The quantitative estimate of drug-likeness (QED) is 0.514. The van der Waals surface area contributed by atoms with E-state index in [1.807, 2.05) is 19.1 Å². The molecule has 0 aliphatic rings. The summed E-state index contributed by atoms with van der Waals surface area (Å²) in [5, 5.41) is 0.552. The van der Waals surface area contributed by atoms with Gasteiger partial charge >= 0.3 is 0 Å². The normalized spacial score (nSPS) is 11.3. The number of aromatic nitrogens is 2. The molecule has 0 bridgehead atoms. The highest BCUT2D eigenvalue weighted by molar-refractivity contribution is 7.24. The molecule has 0 saturated carbocycles. The summed E-state index contributed by atoms with van der Waals surface area (Å²) in [4.78, 5) is 31.1. The topological polar surface area (TPSA) is 52.0 Å². The Morgan fingerprint density at radius 2 is 1.92 bits per heavy atom. The minimum absolute atomic E-state index is 0.0535. The van der Waals surface area contributed by atoms with E-state index >= 15 is 0 Å². The molecule has 0 saturated heterocycles. The summed E-state index contributed by atoms with van der Waals surface area (Å²) in [6, 6.07) is 13.0. The SMILES string of the molecule is CCCc1nc2sc3ccccc3c(=O)c2c(=O)n1-c1cccc(F)c1. The highest BCUT2D eigenvalue weighted by atomic mass is 32.1. The monoisotopic (exact) mass is 366 g/mol. The van der Waals surface area contributed by atoms with Gasteiger partial charge in [0.15, 0.2) is 0 Å². The van der Waals surface area contributed by atoms with Gasteiger partial charge in [-0.3, -0.25) is 14.2 Å². The predicted molar refractivity (Wildman–Crippen MR) is 103 cm³/mol. The Morgan fingerprint density at radius 1 is 1.12 bits per heavy atom. The molecular weight excluding hydrogens is 351 g/mol. The molecular formula is C20H15FN2O2S. The van der Waals surface area contributed by atoms with Crippen LogP contribution < -0.4 is 11.0 Å². The van der Waals surface area contributed by atoms with E-state index in [1.165, 1.54) is 34.1 Å². The minimum atomic E-state index is -0.448. The van der Waals surface area contributed by atoms with Crippen molar-refractivity contribution in [1.82, 2.24) is 9.55 Å². The lowest BCUT2D eigenvalue weighted by Gasteiger charge is -2.13. The molecule has 0 amide bonds.